The second-order valence-electron chi connectivity index (χ2n) is 5.90. The first-order chi connectivity index (χ1) is 9.29. The van der Waals surface area contributed by atoms with Crippen LogP contribution < -0.4 is 0 Å². The van der Waals surface area contributed by atoms with Crippen LogP contribution in [0, 0.1) is 0 Å². The second-order valence-corrected chi connectivity index (χ2v) is 5.90. The van der Waals surface area contributed by atoms with Crippen molar-refractivity contribution >= 4 is 5.78 Å². The molecule has 0 aromatic heterocycles. The number of fused-ring (bicyclic) bond motifs is 1. The summed E-state index contributed by atoms with van der Waals surface area (Å²) in [6.07, 6.45) is 6.91. The Morgan fingerprint density at radius 3 is 2.53 bits per heavy atom. The van der Waals surface area contributed by atoms with Gasteiger partial charge in [-0.3, -0.25) is 9.69 Å². The number of rotatable bonds is 5. The molecule has 102 valence electrons. The average molecular weight is 257 g/mol. The summed E-state index contributed by atoms with van der Waals surface area (Å²) >= 11 is 0. The molecule has 1 heterocycles. The number of benzene rings is 1. The lowest BCUT2D eigenvalue weighted by Gasteiger charge is -2.27. The van der Waals surface area contributed by atoms with Crippen molar-refractivity contribution in [3.05, 3.63) is 34.9 Å². The molecule has 1 aliphatic heterocycles. The fraction of sp³-hybridized carbons (Fsp3) is 0.588. The summed E-state index contributed by atoms with van der Waals surface area (Å²) in [6, 6.07) is 6.45. The smallest absolute Gasteiger partial charge is 0.179 e. The summed E-state index contributed by atoms with van der Waals surface area (Å²) in [5, 5.41) is 0. The molecule has 0 radical (unpaired) electrons. The standard InChI is InChI=1S/C17H23NO/c1-2-5-16(18-10-3-4-11-18)17(19)15-9-7-13-6-8-14(13)12-15/h7,9,12,16H,2-6,8,10-11H2,1H3. The Morgan fingerprint density at radius 2 is 1.95 bits per heavy atom. The molecule has 0 bridgehead atoms. The summed E-state index contributed by atoms with van der Waals surface area (Å²) in [5.41, 5.74) is 3.76. The van der Waals surface area contributed by atoms with Gasteiger partial charge in [0.1, 0.15) is 0 Å². The monoisotopic (exact) mass is 257 g/mol. The number of hydrogen-bond donors (Lipinski definition) is 0. The summed E-state index contributed by atoms with van der Waals surface area (Å²) in [5.74, 6) is 0.346. The van der Waals surface area contributed by atoms with Crippen molar-refractivity contribution in [3.8, 4) is 0 Å². The third-order valence-corrected chi connectivity index (χ3v) is 4.60. The molecule has 1 aliphatic carbocycles. The van der Waals surface area contributed by atoms with Crippen molar-refractivity contribution in [2.75, 3.05) is 13.1 Å². The molecule has 0 spiro atoms. The zero-order valence-electron chi connectivity index (χ0n) is 11.8. The van der Waals surface area contributed by atoms with Gasteiger partial charge < -0.3 is 0 Å². The Balaban J connectivity index is 1.80. The van der Waals surface area contributed by atoms with Crippen LogP contribution in [0.5, 0.6) is 0 Å². The zero-order chi connectivity index (χ0) is 13.2. The first-order valence-corrected chi connectivity index (χ1v) is 7.69. The first kappa shape index (κ1) is 12.9. The fourth-order valence-electron chi connectivity index (χ4n) is 3.35. The molecular weight excluding hydrogens is 234 g/mol. The highest BCUT2D eigenvalue weighted by atomic mass is 16.1. The molecule has 2 nitrogen and oxygen atoms in total. The van der Waals surface area contributed by atoms with Crippen molar-refractivity contribution in [1.29, 1.82) is 0 Å². The molecule has 1 fully saturated rings. The summed E-state index contributed by atoms with van der Waals surface area (Å²) in [7, 11) is 0. The van der Waals surface area contributed by atoms with E-state index in [2.05, 4.69) is 24.0 Å². The van der Waals surface area contributed by atoms with Crippen LogP contribution in [-0.2, 0) is 12.8 Å². The van der Waals surface area contributed by atoms with E-state index < -0.39 is 0 Å². The third kappa shape index (κ3) is 2.46. The molecule has 2 aliphatic rings. The molecular formula is C17H23NO. The molecule has 1 atom stereocenters. The maximum atomic E-state index is 12.8. The van der Waals surface area contributed by atoms with Crippen molar-refractivity contribution in [2.45, 2.75) is 51.5 Å². The van der Waals surface area contributed by atoms with Crippen molar-refractivity contribution < 1.29 is 4.79 Å². The number of carbonyl (C=O) groups excluding carboxylic acids is 1. The number of aryl methyl sites for hydroxylation is 2. The normalized spacial score (nSPS) is 19.8. The summed E-state index contributed by atoms with van der Waals surface area (Å²) < 4.78 is 0. The minimum atomic E-state index is 0.116. The Labute approximate surface area is 115 Å². The number of carbonyl (C=O) groups is 1. The Kier molecular flexibility index (Phi) is 3.69. The van der Waals surface area contributed by atoms with E-state index in [0.29, 0.717) is 5.78 Å². The van der Waals surface area contributed by atoms with Crippen LogP contribution in [0.4, 0.5) is 0 Å². The van der Waals surface area contributed by atoms with E-state index in [4.69, 9.17) is 0 Å². The minimum Gasteiger partial charge on any atom is -0.293 e. The van der Waals surface area contributed by atoms with E-state index in [9.17, 15) is 4.79 Å². The van der Waals surface area contributed by atoms with E-state index in [0.717, 1.165) is 37.9 Å². The molecule has 0 N–H and O–H groups in total. The Morgan fingerprint density at radius 1 is 1.21 bits per heavy atom. The van der Waals surface area contributed by atoms with Gasteiger partial charge in [-0.1, -0.05) is 25.5 Å². The lowest BCUT2D eigenvalue weighted by atomic mass is 9.85. The van der Waals surface area contributed by atoms with Crippen LogP contribution in [0.15, 0.2) is 18.2 Å². The minimum absolute atomic E-state index is 0.116. The molecule has 3 rings (SSSR count). The van der Waals surface area contributed by atoms with Crippen molar-refractivity contribution in [1.82, 2.24) is 4.90 Å². The number of hydrogen-bond acceptors (Lipinski definition) is 2. The van der Waals surface area contributed by atoms with Crippen LogP contribution in [0.1, 0.15) is 54.1 Å². The quantitative estimate of drug-likeness (QED) is 0.755. The molecule has 1 aromatic carbocycles. The Hall–Kier alpha value is -1.15. The van der Waals surface area contributed by atoms with E-state index >= 15 is 0 Å². The van der Waals surface area contributed by atoms with Crippen LogP contribution in [0.25, 0.3) is 0 Å². The van der Waals surface area contributed by atoms with Crippen LogP contribution in [0.2, 0.25) is 0 Å². The van der Waals surface area contributed by atoms with Gasteiger partial charge in [-0.2, -0.15) is 0 Å². The number of Topliss-reactive ketones (excluding diaryl/α,β-unsaturated/α-hetero) is 1. The van der Waals surface area contributed by atoms with Gasteiger partial charge in [-0.25, -0.2) is 0 Å². The molecule has 0 saturated carbocycles. The Bertz CT molecular complexity index is 474. The highest BCUT2D eigenvalue weighted by Gasteiger charge is 2.28. The third-order valence-electron chi connectivity index (χ3n) is 4.60. The van der Waals surface area contributed by atoms with Gasteiger partial charge >= 0.3 is 0 Å². The molecule has 2 heteroatoms. The van der Waals surface area contributed by atoms with Gasteiger partial charge in [0.15, 0.2) is 5.78 Å². The lowest BCUT2D eigenvalue weighted by molar-refractivity contribution is 0.0837. The largest absolute Gasteiger partial charge is 0.293 e. The first-order valence-electron chi connectivity index (χ1n) is 7.69. The van der Waals surface area contributed by atoms with Gasteiger partial charge in [-0.05, 0) is 62.4 Å². The highest BCUT2D eigenvalue weighted by molar-refractivity contribution is 6.00. The number of likely N-dealkylation sites (tertiary alicyclic amines) is 1. The van der Waals surface area contributed by atoms with Gasteiger partial charge in [0, 0.05) is 5.56 Å². The maximum Gasteiger partial charge on any atom is 0.179 e. The fourth-order valence-corrected chi connectivity index (χ4v) is 3.35. The van der Waals surface area contributed by atoms with Crippen LogP contribution in [0.3, 0.4) is 0 Å². The number of nitrogens with zero attached hydrogens (tertiary/aromatic N) is 1. The van der Waals surface area contributed by atoms with Gasteiger partial charge in [0.2, 0.25) is 0 Å². The maximum absolute atomic E-state index is 12.8. The molecule has 1 unspecified atom stereocenters. The van der Waals surface area contributed by atoms with E-state index in [1.54, 1.807) is 0 Å². The van der Waals surface area contributed by atoms with Crippen LogP contribution in [-0.4, -0.2) is 29.8 Å². The predicted molar refractivity (Wildman–Crippen MR) is 77.7 cm³/mol. The van der Waals surface area contributed by atoms with Gasteiger partial charge in [0.05, 0.1) is 6.04 Å². The molecule has 1 aromatic rings. The van der Waals surface area contributed by atoms with Crippen LogP contribution >= 0.6 is 0 Å². The molecule has 0 amide bonds. The number of ketones is 1. The van der Waals surface area contributed by atoms with E-state index in [1.165, 1.54) is 30.4 Å². The van der Waals surface area contributed by atoms with Crippen molar-refractivity contribution in [3.63, 3.8) is 0 Å². The SMILES string of the molecule is CCCC(C(=O)c1ccc2c(c1)CC2)N1CCCC1. The highest BCUT2D eigenvalue weighted by Crippen LogP contribution is 2.26. The lowest BCUT2D eigenvalue weighted by Crippen LogP contribution is -2.39. The second kappa shape index (κ2) is 5.46. The van der Waals surface area contributed by atoms with Gasteiger partial charge in [0.25, 0.3) is 0 Å². The topological polar surface area (TPSA) is 20.3 Å². The zero-order valence-corrected chi connectivity index (χ0v) is 11.8. The predicted octanol–water partition coefficient (Wildman–Crippen LogP) is 3.23. The van der Waals surface area contributed by atoms with Gasteiger partial charge in [-0.15, -0.1) is 0 Å². The molecule has 1 saturated heterocycles. The average Bonchev–Trinajstić information content (AvgIpc) is 2.90. The van der Waals surface area contributed by atoms with E-state index in [-0.39, 0.29) is 6.04 Å². The molecule has 19 heavy (non-hydrogen) atoms. The summed E-state index contributed by atoms with van der Waals surface area (Å²) in [6.45, 7) is 4.37. The van der Waals surface area contributed by atoms with E-state index in [1.807, 2.05) is 6.07 Å². The summed E-state index contributed by atoms with van der Waals surface area (Å²) in [4.78, 5) is 15.2. The van der Waals surface area contributed by atoms with Crippen molar-refractivity contribution in [2.24, 2.45) is 0 Å².